The minimum Gasteiger partial charge on any atom is -0.366 e. The van der Waals surface area contributed by atoms with Crippen molar-refractivity contribution >= 4 is 5.82 Å². The number of hydrogen-bond donors (Lipinski definition) is 1. The Bertz CT molecular complexity index is 284. The molecule has 1 N–H and O–H groups in total. The van der Waals surface area contributed by atoms with Crippen molar-refractivity contribution < 1.29 is 0 Å². The Kier molecular flexibility index (Phi) is 3.89. The minimum atomic E-state index is 0.416. The summed E-state index contributed by atoms with van der Waals surface area (Å²) in [6.07, 6.45) is 0. The molecule has 14 heavy (non-hydrogen) atoms. The highest BCUT2D eigenvalue weighted by atomic mass is 15.1. The number of aryl methyl sites for hydroxylation is 1. The standard InChI is InChI=1S/C11H19N3/c1-9-6-5-7-11(12-9)13-10(2)8-14(3)4/h5-7,10H,8H2,1-4H3,(H,12,13). The summed E-state index contributed by atoms with van der Waals surface area (Å²) >= 11 is 0. The predicted molar refractivity (Wildman–Crippen MR) is 60.6 cm³/mol. The first kappa shape index (κ1) is 11.0. The van der Waals surface area contributed by atoms with Gasteiger partial charge in [-0.15, -0.1) is 0 Å². The van der Waals surface area contributed by atoms with Crippen LogP contribution < -0.4 is 5.32 Å². The molecule has 1 unspecified atom stereocenters. The third-order valence-electron chi connectivity index (χ3n) is 1.92. The van der Waals surface area contributed by atoms with Crippen molar-refractivity contribution in [3.05, 3.63) is 23.9 Å². The van der Waals surface area contributed by atoms with Crippen LogP contribution in [0.3, 0.4) is 0 Å². The minimum absolute atomic E-state index is 0.416. The first-order valence-corrected chi connectivity index (χ1v) is 4.93. The number of nitrogens with one attached hydrogen (secondary N) is 1. The van der Waals surface area contributed by atoms with Gasteiger partial charge in [0.05, 0.1) is 0 Å². The molecular formula is C11H19N3. The van der Waals surface area contributed by atoms with E-state index in [1.54, 1.807) is 0 Å². The van der Waals surface area contributed by atoms with Crippen molar-refractivity contribution in [2.45, 2.75) is 19.9 Å². The molecule has 0 spiro atoms. The Morgan fingerprint density at radius 2 is 2.14 bits per heavy atom. The lowest BCUT2D eigenvalue weighted by Crippen LogP contribution is -2.29. The van der Waals surface area contributed by atoms with Gasteiger partial charge in [0.2, 0.25) is 0 Å². The van der Waals surface area contributed by atoms with E-state index in [0.717, 1.165) is 18.1 Å². The van der Waals surface area contributed by atoms with Gasteiger partial charge >= 0.3 is 0 Å². The van der Waals surface area contributed by atoms with Crippen LogP contribution in [0.4, 0.5) is 5.82 Å². The van der Waals surface area contributed by atoms with Crippen LogP contribution in [0.15, 0.2) is 18.2 Å². The van der Waals surface area contributed by atoms with E-state index < -0.39 is 0 Å². The van der Waals surface area contributed by atoms with Crippen molar-refractivity contribution in [3.63, 3.8) is 0 Å². The lowest BCUT2D eigenvalue weighted by Gasteiger charge is -2.18. The second-order valence-electron chi connectivity index (χ2n) is 3.97. The number of anilines is 1. The molecule has 0 saturated heterocycles. The summed E-state index contributed by atoms with van der Waals surface area (Å²) < 4.78 is 0. The van der Waals surface area contributed by atoms with Crippen molar-refractivity contribution in [2.24, 2.45) is 0 Å². The van der Waals surface area contributed by atoms with Crippen LogP contribution in [-0.4, -0.2) is 36.6 Å². The first-order valence-electron chi connectivity index (χ1n) is 4.93. The third kappa shape index (κ3) is 3.75. The highest BCUT2D eigenvalue weighted by Crippen LogP contribution is 2.05. The monoisotopic (exact) mass is 193 g/mol. The van der Waals surface area contributed by atoms with Crippen molar-refractivity contribution in [1.82, 2.24) is 9.88 Å². The van der Waals surface area contributed by atoms with Crippen molar-refractivity contribution in [1.29, 1.82) is 0 Å². The second kappa shape index (κ2) is 4.96. The van der Waals surface area contributed by atoms with E-state index in [2.05, 4.69) is 36.2 Å². The molecular weight excluding hydrogens is 174 g/mol. The van der Waals surface area contributed by atoms with E-state index in [0.29, 0.717) is 6.04 Å². The molecule has 0 fully saturated rings. The average molecular weight is 193 g/mol. The second-order valence-corrected chi connectivity index (χ2v) is 3.97. The van der Waals surface area contributed by atoms with Gasteiger partial charge in [-0.05, 0) is 40.1 Å². The summed E-state index contributed by atoms with van der Waals surface area (Å²) in [5, 5.41) is 3.36. The number of rotatable bonds is 4. The van der Waals surface area contributed by atoms with E-state index >= 15 is 0 Å². The summed E-state index contributed by atoms with van der Waals surface area (Å²) in [6, 6.07) is 6.44. The zero-order chi connectivity index (χ0) is 10.6. The number of likely N-dealkylation sites (N-methyl/N-ethyl adjacent to an activating group) is 1. The van der Waals surface area contributed by atoms with Gasteiger partial charge in [-0.2, -0.15) is 0 Å². The molecule has 0 aliphatic rings. The van der Waals surface area contributed by atoms with Crippen LogP contribution >= 0.6 is 0 Å². The van der Waals surface area contributed by atoms with Crippen LogP contribution in [0.1, 0.15) is 12.6 Å². The van der Waals surface area contributed by atoms with Gasteiger partial charge in [-0.3, -0.25) is 0 Å². The SMILES string of the molecule is Cc1cccc(NC(C)CN(C)C)n1. The zero-order valence-corrected chi connectivity index (χ0v) is 9.41. The summed E-state index contributed by atoms with van der Waals surface area (Å²) in [7, 11) is 4.14. The fourth-order valence-corrected chi connectivity index (χ4v) is 1.47. The highest BCUT2D eigenvalue weighted by molar-refractivity contribution is 5.36. The molecule has 1 heterocycles. The molecule has 1 rings (SSSR count). The molecule has 1 aromatic heterocycles. The maximum absolute atomic E-state index is 4.39. The Hall–Kier alpha value is -1.09. The van der Waals surface area contributed by atoms with Gasteiger partial charge in [0, 0.05) is 18.3 Å². The predicted octanol–water partition coefficient (Wildman–Crippen LogP) is 1.75. The lowest BCUT2D eigenvalue weighted by molar-refractivity contribution is 0.392. The number of pyridine rings is 1. The smallest absolute Gasteiger partial charge is 0.126 e. The lowest BCUT2D eigenvalue weighted by atomic mass is 10.3. The fourth-order valence-electron chi connectivity index (χ4n) is 1.47. The van der Waals surface area contributed by atoms with E-state index in [9.17, 15) is 0 Å². The molecule has 0 bridgehead atoms. The molecule has 1 atom stereocenters. The maximum Gasteiger partial charge on any atom is 0.126 e. The van der Waals surface area contributed by atoms with E-state index in [1.165, 1.54) is 0 Å². The normalized spacial score (nSPS) is 12.9. The van der Waals surface area contributed by atoms with Gasteiger partial charge in [0.25, 0.3) is 0 Å². The molecule has 0 radical (unpaired) electrons. The quantitative estimate of drug-likeness (QED) is 0.789. The number of hydrogen-bond acceptors (Lipinski definition) is 3. The Morgan fingerprint density at radius 1 is 1.43 bits per heavy atom. The van der Waals surface area contributed by atoms with Crippen molar-refractivity contribution in [2.75, 3.05) is 26.0 Å². The third-order valence-corrected chi connectivity index (χ3v) is 1.92. The first-order chi connectivity index (χ1) is 6.58. The number of nitrogens with zero attached hydrogens (tertiary/aromatic N) is 2. The van der Waals surface area contributed by atoms with E-state index in [4.69, 9.17) is 0 Å². The summed E-state index contributed by atoms with van der Waals surface area (Å²) in [5.41, 5.74) is 1.05. The van der Waals surface area contributed by atoms with Gasteiger partial charge in [-0.1, -0.05) is 6.07 Å². The topological polar surface area (TPSA) is 28.2 Å². The molecule has 3 heteroatoms. The van der Waals surface area contributed by atoms with E-state index in [-0.39, 0.29) is 0 Å². The highest BCUT2D eigenvalue weighted by Gasteiger charge is 2.03. The van der Waals surface area contributed by atoms with Crippen LogP contribution in [0.5, 0.6) is 0 Å². The van der Waals surface area contributed by atoms with E-state index in [1.807, 2.05) is 25.1 Å². The zero-order valence-electron chi connectivity index (χ0n) is 9.41. The Balaban J connectivity index is 2.51. The number of aromatic nitrogens is 1. The van der Waals surface area contributed by atoms with Gasteiger partial charge in [0.15, 0.2) is 0 Å². The molecule has 1 aromatic rings. The summed E-state index contributed by atoms with van der Waals surface area (Å²) in [4.78, 5) is 6.55. The van der Waals surface area contributed by atoms with Gasteiger partial charge in [0.1, 0.15) is 5.82 Å². The fraction of sp³-hybridized carbons (Fsp3) is 0.545. The molecule has 78 valence electrons. The summed E-state index contributed by atoms with van der Waals surface area (Å²) in [6.45, 7) is 5.17. The van der Waals surface area contributed by atoms with Crippen LogP contribution in [0.2, 0.25) is 0 Å². The summed E-state index contributed by atoms with van der Waals surface area (Å²) in [5.74, 6) is 0.958. The average Bonchev–Trinajstić information content (AvgIpc) is 2.01. The molecule has 0 aromatic carbocycles. The van der Waals surface area contributed by atoms with Crippen LogP contribution in [0.25, 0.3) is 0 Å². The van der Waals surface area contributed by atoms with Crippen molar-refractivity contribution in [3.8, 4) is 0 Å². The van der Waals surface area contributed by atoms with Crippen LogP contribution in [0, 0.1) is 6.92 Å². The molecule has 0 amide bonds. The molecule has 0 saturated carbocycles. The van der Waals surface area contributed by atoms with Gasteiger partial charge in [-0.25, -0.2) is 4.98 Å². The van der Waals surface area contributed by atoms with Crippen LogP contribution in [-0.2, 0) is 0 Å². The van der Waals surface area contributed by atoms with Gasteiger partial charge < -0.3 is 10.2 Å². The largest absolute Gasteiger partial charge is 0.366 e. The maximum atomic E-state index is 4.39. The Morgan fingerprint density at radius 3 is 2.71 bits per heavy atom. The molecule has 0 aliphatic heterocycles. The Labute approximate surface area is 86.2 Å². The molecule has 3 nitrogen and oxygen atoms in total. The molecule has 0 aliphatic carbocycles.